The Morgan fingerprint density at radius 2 is 2.05 bits per heavy atom. The number of rotatable bonds is 4. The largest absolute Gasteiger partial charge is 0.376 e. The first kappa shape index (κ1) is 15.3. The van der Waals surface area contributed by atoms with E-state index in [9.17, 15) is 13.2 Å². The third kappa shape index (κ3) is 3.25. The number of carbonyl (C=O) groups is 1. The predicted octanol–water partition coefficient (Wildman–Crippen LogP) is 1.14. The number of benzene rings is 1. The van der Waals surface area contributed by atoms with Crippen LogP contribution in [0.15, 0.2) is 24.3 Å². The Hall–Kier alpha value is -1.60. The lowest BCUT2D eigenvalue weighted by Gasteiger charge is -2.17. The number of carbonyl (C=O) groups excluding carboxylic acids is 1. The van der Waals surface area contributed by atoms with Crippen molar-refractivity contribution < 1.29 is 17.9 Å². The molecule has 0 saturated carbocycles. The quantitative estimate of drug-likeness (QED) is 0.901. The molecule has 6 nitrogen and oxygen atoms in total. The highest BCUT2D eigenvalue weighted by Crippen LogP contribution is 2.24. The number of amides is 1. The Labute approximate surface area is 130 Å². The first-order valence-electron chi connectivity index (χ1n) is 7.56. The van der Waals surface area contributed by atoms with Crippen LogP contribution in [-0.2, 0) is 14.8 Å². The summed E-state index contributed by atoms with van der Waals surface area (Å²) in [7, 11) is -3.18. The zero-order valence-electron chi connectivity index (χ0n) is 12.3. The third-order valence-corrected chi connectivity index (χ3v) is 5.90. The van der Waals surface area contributed by atoms with E-state index in [2.05, 4.69) is 5.32 Å². The van der Waals surface area contributed by atoms with Crippen LogP contribution in [0.1, 0.15) is 29.6 Å². The molecule has 1 unspecified atom stereocenters. The Balaban J connectivity index is 1.62. The number of hydrogen-bond acceptors (Lipinski definition) is 4. The van der Waals surface area contributed by atoms with Crippen molar-refractivity contribution in [3.63, 3.8) is 0 Å². The van der Waals surface area contributed by atoms with Crippen LogP contribution < -0.4 is 9.62 Å². The van der Waals surface area contributed by atoms with Crippen LogP contribution in [0.3, 0.4) is 0 Å². The molecule has 0 radical (unpaired) electrons. The van der Waals surface area contributed by atoms with Gasteiger partial charge in [0.05, 0.1) is 17.5 Å². The zero-order chi connectivity index (χ0) is 15.6. The van der Waals surface area contributed by atoms with Crippen molar-refractivity contribution >= 4 is 21.6 Å². The maximum absolute atomic E-state index is 12.1. The van der Waals surface area contributed by atoms with E-state index in [0.717, 1.165) is 19.4 Å². The molecule has 2 fully saturated rings. The summed E-state index contributed by atoms with van der Waals surface area (Å²) in [5.41, 5.74) is 1.14. The fourth-order valence-electron chi connectivity index (χ4n) is 2.82. The maximum Gasteiger partial charge on any atom is 0.251 e. The van der Waals surface area contributed by atoms with E-state index >= 15 is 0 Å². The van der Waals surface area contributed by atoms with Crippen molar-refractivity contribution in [2.75, 3.05) is 29.8 Å². The number of hydrogen-bond donors (Lipinski definition) is 1. The molecular formula is C15H20N2O4S. The van der Waals surface area contributed by atoms with Gasteiger partial charge in [-0.05, 0) is 43.5 Å². The van der Waals surface area contributed by atoms with Crippen LogP contribution in [-0.4, -0.2) is 45.9 Å². The van der Waals surface area contributed by atoms with E-state index in [-0.39, 0.29) is 17.8 Å². The summed E-state index contributed by atoms with van der Waals surface area (Å²) in [6.45, 7) is 1.79. The highest BCUT2D eigenvalue weighted by molar-refractivity contribution is 7.93. The van der Waals surface area contributed by atoms with Gasteiger partial charge in [0.25, 0.3) is 5.91 Å². The van der Waals surface area contributed by atoms with Gasteiger partial charge < -0.3 is 10.1 Å². The lowest BCUT2D eigenvalue weighted by atomic mass is 10.2. The molecule has 0 spiro atoms. The molecule has 1 atom stereocenters. The molecule has 120 valence electrons. The second-order valence-electron chi connectivity index (χ2n) is 5.63. The number of nitrogens with one attached hydrogen (secondary N) is 1. The molecule has 22 heavy (non-hydrogen) atoms. The Kier molecular flexibility index (Phi) is 4.35. The molecular weight excluding hydrogens is 304 g/mol. The summed E-state index contributed by atoms with van der Waals surface area (Å²) in [6.07, 6.45) is 2.77. The van der Waals surface area contributed by atoms with Crippen molar-refractivity contribution in [3.05, 3.63) is 29.8 Å². The highest BCUT2D eigenvalue weighted by atomic mass is 32.2. The maximum atomic E-state index is 12.1. The van der Waals surface area contributed by atoms with Crippen molar-refractivity contribution in [1.82, 2.24) is 5.32 Å². The fraction of sp³-hybridized carbons (Fsp3) is 0.533. The summed E-state index contributed by atoms with van der Waals surface area (Å²) < 4.78 is 30.6. The average molecular weight is 324 g/mol. The standard InChI is InChI=1S/C15H20N2O4S/c18-15(16-11-14-3-1-9-21-14)12-4-6-13(7-5-12)17-8-2-10-22(17,19)20/h4-7,14H,1-3,8-11H2,(H,16,18). The summed E-state index contributed by atoms with van der Waals surface area (Å²) in [4.78, 5) is 12.1. The minimum atomic E-state index is -3.18. The molecule has 1 aromatic rings. The van der Waals surface area contributed by atoms with E-state index in [1.807, 2.05) is 0 Å². The lowest BCUT2D eigenvalue weighted by molar-refractivity contribution is 0.0858. The van der Waals surface area contributed by atoms with Crippen LogP contribution in [0.25, 0.3) is 0 Å². The normalized spacial score (nSPS) is 23.6. The second-order valence-corrected chi connectivity index (χ2v) is 7.65. The van der Waals surface area contributed by atoms with Gasteiger partial charge in [0, 0.05) is 25.3 Å². The molecule has 1 amide bonds. The molecule has 1 aromatic carbocycles. The minimum Gasteiger partial charge on any atom is -0.376 e. The lowest BCUT2D eigenvalue weighted by Crippen LogP contribution is -2.31. The van der Waals surface area contributed by atoms with Gasteiger partial charge >= 0.3 is 0 Å². The molecule has 2 aliphatic heterocycles. The third-order valence-electron chi connectivity index (χ3n) is 4.03. The predicted molar refractivity (Wildman–Crippen MR) is 83.5 cm³/mol. The van der Waals surface area contributed by atoms with Gasteiger partial charge in [-0.2, -0.15) is 0 Å². The van der Waals surface area contributed by atoms with Crippen LogP contribution >= 0.6 is 0 Å². The van der Waals surface area contributed by atoms with Crippen molar-refractivity contribution in [2.45, 2.75) is 25.4 Å². The molecule has 3 rings (SSSR count). The summed E-state index contributed by atoms with van der Waals surface area (Å²) in [5, 5.41) is 2.85. The smallest absolute Gasteiger partial charge is 0.251 e. The van der Waals surface area contributed by atoms with Crippen LogP contribution in [0, 0.1) is 0 Å². The van der Waals surface area contributed by atoms with Crippen molar-refractivity contribution in [2.24, 2.45) is 0 Å². The molecule has 2 heterocycles. The summed E-state index contributed by atoms with van der Waals surface area (Å²) in [5.74, 6) is 0.0303. The fourth-order valence-corrected chi connectivity index (χ4v) is 4.39. The van der Waals surface area contributed by atoms with Gasteiger partial charge in [-0.25, -0.2) is 8.42 Å². The minimum absolute atomic E-state index is 0.109. The molecule has 0 aliphatic carbocycles. The van der Waals surface area contributed by atoms with Gasteiger partial charge in [0.2, 0.25) is 10.0 Å². The molecule has 0 bridgehead atoms. The number of nitrogens with zero attached hydrogens (tertiary/aromatic N) is 1. The first-order chi connectivity index (χ1) is 10.6. The second kappa shape index (κ2) is 6.26. The van der Waals surface area contributed by atoms with Gasteiger partial charge in [-0.15, -0.1) is 0 Å². The Bertz CT molecular complexity index is 636. The molecule has 1 N–H and O–H groups in total. The zero-order valence-corrected chi connectivity index (χ0v) is 13.1. The Morgan fingerprint density at radius 3 is 2.64 bits per heavy atom. The number of anilines is 1. The van der Waals surface area contributed by atoms with E-state index in [4.69, 9.17) is 4.74 Å². The molecule has 7 heteroatoms. The molecule has 0 aromatic heterocycles. The van der Waals surface area contributed by atoms with E-state index in [1.165, 1.54) is 4.31 Å². The number of ether oxygens (including phenoxy) is 1. The van der Waals surface area contributed by atoms with Crippen molar-refractivity contribution in [3.8, 4) is 0 Å². The van der Waals surface area contributed by atoms with Gasteiger partial charge in [0.15, 0.2) is 0 Å². The van der Waals surface area contributed by atoms with E-state index in [0.29, 0.717) is 30.8 Å². The molecule has 2 saturated heterocycles. The average Bonchev–Trinajstić information content (AvgIpc) is 3.14. The monoisotopic (exact) mass is 324 g/mol. The first-order valence-corrected chi connectivity index (χ1v) is 9.17. The van der Waals surface area contributed by atoms with Crippen LogP contribution in [0.4, 0.5) is 5.69 Å². The highest BCUT2D eigenvalue weighted by Gasteiger charge is 2.28. The van der Waals surface area contributed by atoms with Gasteiger partial charge in [-0.1, -0.05) is 0 Å². The Morgan fingerprint density at radius 1 is 1.27 bits per heavy atom. The van der Waals surface area contributed by atoms with Gasteiger partial charge in [0.1, 0.15) is 0 Å². The van der Waals surface area contributed by atoms with Gasteiger partial charge in [-0.3, -0.25) is 9.10 Å². The van der Waals surface area contributed by atoms with E-state index in [1.54, 1.807) is 24.3 Å². The topological polar surface area (TPSA) is 75.7 Å². The summed E-state index contributed by atoms with van der Waals surface area (Å²) in [6, 6.07) is 6.69. The summed E-state index contributed by atoms with van der Waals surface area (Å²) >= 11 is 0. The molecule has 2 aliphatic rings. The van der Waals surface area contributed by atoms with E-state index < -0.39 is 10.0 Å². The number of sulfonamides is 1. The van der Waals surface area contributed by atoms with Crippen LogP contribution in [0.2, 0.25) is 0 Å². The SMILES string of the molecule is O=C(NCC1CCCO1)c1ccc(N2CCCS2(=O)=O)cc1. The van der Waals surface area contributed by atoms with Crippen LogP contribution in [0.5, 0.6) is 0 Å². The van der Waals surface area contributed by atoms with Crippen molar-refractivity contribution in [1.29, 1.82) is 0 Å².